The topological polar surface area (TPSA) is 75.3 Å². The Bertz CT molecular complexity index is 1250. The summed E-state index contributed by atoms with van der Waals surface area (Å²) in [5.41, 5.74) is 2.74. The number of amides is 1. The molecule has 1 N–H and O–H groups in total. The summed E-state index contributed by atoms with van der Waals surface area (Å²) in [7, 11) is 0. The number of carbonyl (C=O) groups is 1. The summed E-state index contributed by atoms with van der Waals surface area (Å²) < 4.78 is 5.59. The summed E-state index contributed by atoms with van der Waals surface area (Å²) in [6.07, 6.45) is 3.89. The van der Waals surface area contributed by atoms with Gasteiger partial charge in [-0.2, -0.15) is 0 Å². The molecule has 0 aliphatic rings. The van der Waals surface area contributed by atoms with Crippen LogP contribution in [0.1, 0.15) is 28.4 Å². The molecule has 2 aromatic heterocycles. The van der Waals surface area contributed by atoms with Crippen molar-refractivity contribution in [3.05, 3.63) is 106 Å². The number of H-pyrrole nitrogens is 1. The van der Waals surface area contributed by atoms with Gasteiger partial charge in [-0.3, -0.25) is 14.6 Å². The van der Waals surface area contributed by atoms with E-state index in [1.54, 1.807) is 29.4 Å². The van der Waals surface area contributed by atoms with E-state index in [-0.39, 0.29) is 18.0 Å². The highest BCUT2D eigenvalue weighted by Crippen LogP contribution is 2.20. The molecule has 0 aliphatic heterocycles. The van der Waals surface area contributed by atoms with Gasteiger partial charge in [-0.15, -0.1) is 0 Å². The normalized spacial score (nSPS) is 10.8. The molecule has 0 unspecified atom stereocenters. The molecule has 4 rings (SSSR count). The molecule has 0 aliphatic carbocycles. The predicted molar refractivity (Wildman–Crippen MR) is 125 cm³/mol. The quantitative estimate of drug-likeness (QED) is 0.457. The van der Waals surface area contributed by atoms with Crippen molar-refractivity contribution in [3.63, 3.8) is 0 Å². The summed E-state index contributed by atoms with van der Waals surface area (Å²) in [4.78, 5) is 34.7. The number of nitrogens with zero attached hydrogens (tertiary/aromatic N) is 2. The number of carbonyl (C=O) groups excluding carboxylic acids is 1. The second-order valence-electron chi connectivity index (χ2n) is 7.50. The van der Waals surface area contributed by atoms with Crippen LogP contribution in [0.4, 0.5) is 0 Å². The number of hydrogen-bond donors (Lipinski definition) is 1. The zero-order chi connectivity index (χ0) is 22.3. The van der Waals surface area contributed by atoms with Crippen molar-refractivity contribution in [1.82, 2.24) is 14.9 Å². The van der Waals surface area contributed by atoms with Gasteiger partial charge in [-0.25, -0.2) is 0 Å². The largest absolute Gasteiger partial charge is 0.494 e. The van der Waals surface area contributed by atoms with E-state index in [1.807, 2.05) is 61.5 Å². The van der Waals surface area contributed by atoms with E-state index in [4.69, 9.17) is 4.74 Å². The third-order valence-electron chi connectivity index (χ3n) is 5.29. The minimum absolute atomic E-state index is 0.133. The van der Waals surface area contributed by atoms with Gasteiger partial charge >= 0.3 is 0 Å². The van der Waals surface area contributed by atoms with Gasteiger partial charge in [0, 0.05) is 41.0 Å². The second-order valence-corrected chi connectivity index (χ2v) is 7.50. The Hall–Kier alpha value is -3.93. The number of aromatic amines is 1. The van der Waals surface area contributed by atoms with Gasteiger partial charge in [0.25, 0.3) is 11.5 Å². The number of ether oxygens (including phenoxy) is 1. The molecule has 0 bridgehead atoms. The summed E-state index contributed by atoms with van der Waals surface area (Å²) >= 11 is 0. The third kappa shape index (κ3) is 5.03. The summed E-state index contributed by atoms with van der Waals surface area (Å²) in [5.74, 6) is 0.609. The molecule has 32 heavy (non-hydrogen) atoms. The van der Waals surface area contributed by atoms with Crippen molar-refractivity contribution in [2.75, 3.05) is 13.2 Å². The van der Waals surface area contributed by atoms with E-state index < -0.39 is 0 Å². The Kier molecular flexibility index (Phi) is 6.60. The number of hydrogen-bond acceptors (Lipinski definition) is 4. The number of pyridine rings is 2. The SMILES string of the molecule is CCOc1ccc2[nH]c(=O)c(CN(CCc3ccccc3)C(=O)c3ccncc3)cc2c1. The first kappa shape index (κ1) is 21.3. The Morgan fingerprint density at radius 2 is 1.81 bits per heavy atom. The van der Waals surface area contributed by atoms with Crippen LogP contribution >= 0.6 is 0 Å². The van der Waals surface area contributed by atoms with Crippen LogP contribution in [-0.2, 0) is 13.0 Å². The molecule has 6 heteroatoms. The fraction of sp³-hybridized carbons (Fsp3) is 0.192. The lowest BCUT2D eigenvalue weighted by atomic mass is 10.1. The smallest absolute Gasteiger partial charge is 0.254 e. The summed E-state index contributed by atoms with van der Waals surface area (Å²) in [6, 6.07) is 20.8. The molecule has 2 aromatic carbocycles. The molecule has 0 saturated heterocycles. The summed E-state index contributed by atoms with van der Waals surface area (Å²) in [5, 5.41) is 0.866. The van der Waals surface area contributed by atoms with E-state index in [9.17, 15) is 9.59 Å². The zero-order valence-corrected chi connectivity index (χ0v) is 18.0. The van der Waals surface area contributed by atoms with Crippen molar-refractivity contribution < 1.29 is 9.53 Å². The lowest BCUT2D eigenvalue weighted by Gasteiger charge is -2.23. The lowest BCUT2D eigenvalue weighted by Crippen LogP contribution is -2.34. The van der Waals surface area contributed by atoms with Gasteiger partial charge in [0.15, 0.2) is 0 Å². The maximum absolute atomic E-state index is 13.3. The van der Waals surface area contributed by atoms with Crippen molar-refractivity contribution in [3.8, 4) is 5.75 Å². The van der Waals surface area contributed by atoms with Crippen molar-refractivity contribution >= 4 is 16.8 Å². The fourth-order valence-corrected chi connectivity index (χ4v) is 3.65. The molecule has 0 spiro atoms. The lowest BCUT2D eigenvalue weighted by molar-refractivity contribution is 0.0744. The molecule has 0 atom stereocenters. The average molecular weight is 428 g/mol. The van der Waals surface area contributed by atoms with Crippen LogP contribution in [-0.4, -0.2) is 33.9 Å². The van der Waals surface area contributed by atoms with Crippen LogP contribution < -0.4 is 10.3 Å². The van der Waals surface area contributed by atoms with Crippen molar-refractivity contribution in [2.24, 2.45) is 0 Å². The molecule has 0 saturated carbocycles. The zero-order valence-electron chi connectivity index (χ0n) is 18.0. The third-order valence-corrected chi connectivity index (χ3v) is 5.29. The van der Waals surface area contributed by atoms with Gasteiger partial charge in [0.05, 0.1) is 13.2 Å². The molecule has 0 fully saturated rings. The standard InChI is InChI=1S/C26H25N3O3/c1-2-32-23-8-9-24-21(17-23)16-22(25(30)28-24)18-29(15-12-19-6-4-3-5-7-19)26(31)20-10-13-27-14-11-20/h3-11,13-14,16-17H,2,12,15,18H2,1H3,(H,28,30). The highest BCUT2D eigenvalue weighted by molar-refractivity contribution is 5.94. The highest BCUT2D eigenvalue weighted by Gasteiger charge is 2.18. The Labute approximate surface area is 186 Å². The minimum Gasteiger partial charge on any atom is -0.494 e. The molecule has 162 valence electrons. The van der Waals surface area contributed by atoms with Gasteiger partial charge in [0.1, 0.15) is 5.75 Å². The Morgan fingerprint density at radius 3 is 2.56 bits per heavy atom. The van der Waals surface area contributed by atoms with E-state index in [1.165, 1.54) is 0 Å². The van der Waals surface area contributed by atoms with E-state index in [0.717, 1.165) is 22.2 Å². The molecular weight excluding hydrogens is 402 g/mol. The Morgan fingerprint density at radius 1 is 1.03 bits per heavy atom. The number of rotatable bonds is 8. The van der Waals surface area contributed by atoms with Crippen LogP contribution in [0.15, 0.2) is 83.9 Å². The molecule has 6 nitrogen and oxygen atoms in total. The second kappa shape index (κ2) is 9.92. The van der Waals surface area contributed by atoms with Crippen LogP contribution in [0, 0.1) is 0 Å². The van der Waals surface area contributed by atoms with Gasteiger partial charge in [-0.05, 0) is 55.3 Å². The number of benzene rings is 2. The maximum Gasteiger partial charge on any atom is 0.254 e. The maximum atomic E-state index is 13.3. The first-order valence-corrected chi connectivity index (χ1v) is 10.7. The predicted octanol–water partition coefficient (Wildman–Crippen LogP) is 4.21. The summed E-state index contributed by atoms with van der Waals surface area (Å²) in [6.45, 7) is 3.19. The van der Waals surface area contributed by atoms with Gasteiger partial charge in [0.2, 0.25) is 0 Å². The number of aromatic nitrogens is 2. The van der Waals surface area contributed by atoms with E-state index in [0.29, 0.717) is 30.7 Å². The molecule has 4 aromatic rings. The monoisotopic (exact) mass is 427 g/mol. The first-order valence-electron chi connectivity index (χ1n) is 10.7. The number of nitrogens with one attached hydrogen (secondary N) is 1. The molecule has 1 amide bonds. The molecule has 2 heterocycles. The fourth-order valence-electron chi connectivity index (χ4n) is 3.65. The van der Waals surface area contributed by atoms with Crippen molar-refractivity contribution in [2.45, 2.75) is 19.9 Å². The Balaban J connectivity index is 1.64. The van der Waals surface area contributed by atoms with Gasteiger partial charge < -0.3 is 14.6 Å². The van der Waals surface area contributed by atoms with Gasteiger partial charge in [-0.1, -0.05) is 30.3 Å². The minimum atomic E-state index is -0.200. The van der Waals surface area contributed by atoms with Crippen LogP contribution in [0.5, 0.6) is 5.75 Å². The van der Waals surface area contributed by atoms with E-state index >= 15 is 0 Å². The average Bonchev–Trinajstić information content (AvgIpc) is 2.83. The molecule has 0 radical (unpaired) electrons. The highest BCUT2D eigenvalue weighted by atomic mass is 16.5. The van der Waals surface area contributed by atoms with Crippen LogP contribution in [0.3, 0.4) is 0 Å². The van der Waals surface area contributed by atoms with E-state index in [2.05, 4.69) is 9.97 Å². The van der Waals surface area contributed by atoms with Crippen molar-refractivity contribution in [1.29, 1.82) is 0 Å². The van der Waals surface area contributed by atoms with Crippen LogP contribution in [0.25, 0.3) is 10.9 Å². The first-order chi connectivity index (χ1) is 15.6. The number of fused-ring (bicyclic) bond motifs is 1. The van der Waals surface area contributed by atoms with Crippen LogP contribution in [0.2, 0.25) is 0 Å². The molecular formula is C26H25N3O3.